The molecule has 3 nitrogen and oxygen atoms in total. The Labute approximate surface area is 106 Å². The zero-order valence-electron chi connectivity index (χ0n) is 10.5. The van der Waals surface area contributed by atoms with Gasteiger partial charge in [-0.2, -0.15) is 0 Å². The lowest BCUT2D eigenvalue weighted by atomic mass is 10.1. The molecule has 0 spiro atoms. The van der Waals surface area contributed by atoms with Crippen molar-refractivity contribution < 1.29 is 0 Å². The van der Waals surface area contributed by atoms with Gasteiger partial charge in [0.25, 0.3) is 0 Å². The second-order valence-corrected chi connectivity index (χ2v) is 4.63. The summed E-state index contributed by atoms with van der Waals surface area (Å²) in [5.41, 5.74) is 12.1. The van der Waals surface area contributed by atoms with Crippen LogP contribution >= 0.6 is 0 Å². The Morgan fingerprint density at radius 1 is 1.06 bits per heavy atom. The smallest absolute Gasteiger partial charge is 0.138 e. The van der Waals surface area contributed by atoms with Gasteiger partial charge in [0.2, 0.25) is 0 Å². The van der Waals surface area contributed by atoms with E-state index in [4.69, 9.17) is 5.73 Å². The Hall–Kier alpha value is -2.29. The molecule has 0 fully saturated rings. The molecule has 0 aliphatic rings. The number of aromatic nitrogens is 2. The number of imidazole rings is 1. The summed E-state index contributed by atoms with van der Waals surface area (Å²) in [5.74, 6) is 0.867. The normalized spacial score (nSPS) is 11.0. The number of anilines is 1. The fourth-order valence-electron chi connectivity index (χ4n) is 2.08. The Morgan fingerprint density at radius 3 is 2.61 bits per heavy atom. The van der Waals surface area contributed by atoms with E-state index in [2.05, 4.69) is 42.0 Å². The van der Waals surface area contributed by atoms with E-state index in [1.807, 2.05) is 18.2 Å². The molecule has 0 amide bonds. The largest absolute Gasteiger partial charge is 0.397 e. The average molecular weight is 237 g/mol. The van der Waals surface area contributed by atoms with Gasteiger partial charge in [0.05, 0.1) is 11.2 Å². The molecule has 0 aliphatic heterocycles. The zero-order valence-corrected chi connectivity index (χ0v) is 10.5. The highest BCUT2D eigenvalue weighted by molar-refractivity contribution is 5.89. The number of nitrogens with one attached hydrogen (secondary N) is 1. The van der Waals surface area contributed by atoms with Crippen molar-refractivity contribution in [1.29, 1.82) is 0 Å². The average Bonchev–Trinajstić information content (AvgIpc) is 2.78. The summed E-state index contributed by atoms with van der Waals surface area (Å²) in [5, 5.41) is 0. The number of aromatic amines is 1. The summed E-state index contributed by atoms with van der Waals surface area (Å²) >= 11 is 0. The fraction of sp³-hybridized carbons (Fsp3) is 0.133. The second-order valence-electron chi connectivity index (χ2n) is 4.63. The predicted molar refractivity (Wildman–Crippen MR) is 75.4 cm³/mol. The van der Waals surface area contributed by atoms with Gasteiger partial charge in [-0.25, -0.2) is 4.98 Å². The fourth-order valence-corrected chi connectivity index (χ4v) is 2.08. The van der Waals surface area contributed by atoms with E-state index in [0.29, 0.717) is 5.69 Å². The predicted octanol–water partition coefficient (Wildman–Crippen LogP) is 3.43. The van der Waals surface area contributed by atoms with Crippen LogP contribution in [0.4, 0.5) is 5.69 Å². The highest BCUT2D eigenvalue weighted by atomic mass is 14.9. The molecule has 2 aromatic carbocycles. The number of para-hydroxylation sites is 1. The minimum absolute atomic E-state index is 0.707. The van der Waals surface area contributed by atoms with Crippen molar-refractivity contribution >= 4 is 16.7 Å². The summed E-state index contributed by atoms with van der Waals surface area (Å²) in [6, 6.07) is 12.1. The first-order chi connectivity index (χ1) is 8.65. The van der Waals surface area contributed by atoms with Gasteiger partial charge >= 0.3 is 0 Å². The van der Waals surface area contributed by atoms with Gasteiger partial charge in [-0.05, 0) is 43.2 Å². The lowest BCUT2D eigenvalue weighted by Crippen LogP contribution is -1.86. The monoisotopic (exact) mass is 237 g/mol. The van der Waals surface area contributed by atoms with Crippen LogP contribution in [0.2, 0.25) is 0 Å². The van der Waals surface area contributed by atoms with E-state index in [0.717, 1.165) is 22.4 Å². The van der Waals surface area contributed by atoms with Crippen molar-refractivity contribution in [3.8, 4) is 11.4 Å². The molecule has 3 rings (SSSR count). The molecule has 3 N–H and O–H groups in total. The van der Waals surface area contributed by atoms with Crippen molar-refractivity contribution in [2.24, 2.45) is 0 Å². The number of benzene rings is 2. The first-order valence-electron chi connectivity index (χ1n) is 5.97. The molecule has 0 saturated heterocycles. The molecule has 0 atom stereocenters. The topological polar surface area (TPSA) is 54.7 Å². The van der Waals surface area contributed by atoms with Crippen LogP contribution in [0.25, 0.3) is 22.4 Å². The third-order valence-electron chi connectivity index (χ3n) is 3.32. The minimum atomic E-state index is 0.707. The van der Waals surface area contributed by atoms with E-state index in [9.17, 15) is 0 Å². The first kappa shape index (κ1) is 10.8. The summed E-state index contributed by atoms with van der Waals surface area (Å²) in [6.07, 6.45) is 0. The van der Waals surface area contributed by atoms with Crippen LogP contribution in [0, 0.1) is 13.8 Å². The van der Waals surface area contributed by atoms with Crippen LogP contribution in [0.15, 0.2) is 36.4 Å². The minimum Gasteiger partial charge on any atom is -0.397 e. The van der Waals surface area contributed by atoms with Gasteiger partial charge in [0.15, 0.2) is 0 Å². The molecule has 18 heavy (non-hydrogen) atoms. The van der Waals surface area contributed by atoms with Gasteiger partial charge < -0.3 is 10.7 Å². The van der Waals surface area contributed by atoms with Crippen molar-refractivity contribution in [3.63, 3.8) is 0 Å². The number of fused-ring (bicyclic) bond motifs is 1. The molecule has 0 radical (unpaired) electrons. The van der Waals surface area contributed by atoms with E-state index < -0.39 is 0 Å². The van der Waals surface area contributed by atoms with Crippen molar-refractivity contribution in [2.45, 2.75) is 13.8 Å². The molecule has 0 unspecified atom stereocenters. The van der Waals surface area contributed by atoms with Crippen molar-refractivity contribution in [1.82, 2.24) is 9.97 Å². The molecule has 1 aromatic heterocycles. The van der Waals surface area contributed by atoms with E-state index in [1.54, 1.807) is 0 Å². The highest BCUT2D eigenvalue weighted by Gasteiger charge is 2.07. The third-order valence-corrected chi connectivity index (χ3v) is 3.32. The summed E-state index contributed by atoms with van der Waals surface area (Å²) < 4.78 is 0. The van der Waals surface area contributed by atoms with Crippen LogP contribution in [-0.2, 0) is 0 Å². The molecule has 1 heterocycles. The van der Waals surface area contributed by atoms with Gasteiger partial charge in [0, 0.05) is 5.56 Å². The highest BCUT2D eigenvalue weighted by Crippen LogP contribution is 2.25. The molecule has 3 aromatic rings. The van der Waals surface area contributed by atoms with Crippen LogP contribution in [0.5, 0.6) is 0 Å². The van der Waals surface area contributed by atoms with E-state index >= 15 is 0 Å². The second kappa shape index (κ2) is 3.88. The maximum atomic E-state index is 5.92. The number of nitrogen functional groups attached to an aromatic ring is 1. The van der Waals surface area contributed by atoms with Crippen LogP contribution < -0.4 is 5.73 Å². The Bertz CT molecular complexity index is 726. The van der Waals surface area contributed by atoms with Gasteiger partial charge in [-0.15, -0.1) is 0 Å². The van der Waals surface area contributed by atoms with E-state index in [1.165, 1.54) is 11.1 Å². The van der Waals surface area contributed by atoms with Crippen LogP contribution in [-0.4, -0.2) is 9.97 Å². The molecule has 3 heteroatoms. The van der Waals surface area contributed by atoms with Crippen LogP contribution in [0.1, 0.15) is 11.1 Å². The standard InChI is InChI=1S/C15H15N3/c1-9-6-7-11(8-10(9)2)15-17-13-5-3-4-12(16)14(13)18-15/h3-8H,16H2,1-2H3,(H,17,18). The van der Waals surface area contributed by atoms with Gasteiger partial charge in [0.1, 0.15) is 11.3 Å². The molecule has 0 bridgehead atoms. The number of hydrogen-bond acceptors (Lipinski definition) is 2. The number of aryl methyl sites for hydroxylation is 2. The van der Waals surface area contributed by atoms with Crippen LogP contribution in [0.3, 0.4) is 0 Å². The summed E-state index contributed by atoms with van der Waals surface area (Å²) in [6.45, 7) is 4.21. The lowest BCUT2D eigenvalue weighted by molar-refractivity contribution is 1.29. The Kier molecular flexibility index (Phi) is 2.33. The lowest BCUT2D eigenvalue weighted by Gasteiger charge is -2.02. The summed E-state index contributed by atoms with van der Waals surface area (Å²) in [4.78, 5) is 7.88. The molecule has 0 aliphatic carbocycles. The Morgan fingerprint density at radius 2 is 1.89 bits per heavy atom. The molecular formula is C15H15N3. The molecule has 0 saturated carbocycles. The van der Waals surface area contributed by atoms with Gasteiger partial charge in [-0.3, -0.25) is 0 Å². The maximum Gasteiger partial charge on any atom is 0.138 e. The SMILES string of the molecule is Cc1ccc(-c2nc3c(N)cccc3[nH]2)cc1C. The van der Waals surface area contributed by atoms with Crippen molar-refractivity contribution in [3.05, 3.63) is 47.5 Å². The number of rotatable bonds is 1. The number of nitrogens with two attached hydrogens (primary N) is 1. The number of nitrogens with zero attached hydrogens (tertiary/aromatic N) is 1. The van der Waals surface area contributed by atoms with E-state index in [-0.39, 0.29) is 0 Å². The third kappa shape index (κ3) is 1.64. The number of H-pyrrole nitrogens is 1. The Balaban J connectivity index is 2.19. The number of hydrogen-bond donors (Lipinski definition) is 2. The molecule has 90 valence electrons. The first-order valence-corrected chi connectivity index (χ1v) is 5.97. The maximum absolute atomic E-state index is 5.92. The molecular weight excluding hydrogens is 222 g/mol. The quantitative estimate of drug-likeness (QED) is 0.637. The van der Waals surface area contributed by atoms with Gasteiger partial charge in [-0.1, -0.05) is 18.2 Å². The summed E-state index contributed by atoms with van der Waals surface area (Å²) in [7, 11) is 0. The zero-order chi connectivity index (χ0) is 12.7. The van der Waals surface area contributed by atoms with Crippen molar-refractivity contribution in [2.75, 3.05) is 5.73 Å².